The lowest BCUT2D eigenvalue weighted by atomic mass is 10.1. The van der Waals surface area contributed by atoms with Crippen LogP contribution in [0.2, 0.25) is 0 Å². The van der Waals surface area contributed by atoms with Crippen molar-refractivity contribution in [2.24, 2.45) is 0 Å². The quantitative estimate of drug-likeness (QED) is 0.342. The summed E-state index contributed by atoms with van der Waals surface area (Å²) in [4.78, 5) is 35.1. The molecule has 0 aliphatic carbocycles. The molecule has 34 heavy (non-hydrogen) atoms. The van der Waals surface area contributed by atoms with Crippen molar-refractivity contribution in [3.8, 4) is 5.75 Å². The van der Waals surface area contributed by atoms with Gasteiger partial charge in [0, 0.05) is 29.2 Å². The van der Waals surface area contributed by atoms with E-state index < -0.39 is 5.97 Å². The summed E-state index contributed by atoms with van der Waals surface area (Å²) in [7, 11) is 0. The number of para-hydroxylation sites is 1. The summed E-state index contributed by atoms with van der Waals surface area (Å²) < 4.78 is 5.44. The summed E-state index contributed by atoms with van der Waals surface area (Å²) >= 11 is 0. The monoisotopic (exact) mass is 459 g/mol. The Labute approximate surface area is 197 Å². The molecule has 3 amide bonds. The minimum Gasteiger partial charge on any atom is -0.489 e. The molecule has 0 fully saturated rings. The molecule has 0 aliphatic rings. The van der Waals surface area contributed by atoms with Crippen LogP contribution in [0.1, 0.15) is 11.1 Å². The fourth-order valence-electron chi connectivity index (χ4n) is 3.05. The molecule has 0 atom stereocenters. The van der Waals surface area contributed by atoms with Crippen molar-refractivity contribution < 1.29 is 24.2 Å². The van der Waals surface area contributed by atoms with E-state index >= 15 is 0 Å². The number of benzene rings is 3. The largest absolute Gasteiger partial charge is 0.489 e. The van der Waals surface area contributed by atoms with E-state index in [0.29, 0.717) is 17.1 Å². The summed E-state index contributed by atoms with van der Waals surface area (Å²) in [5.74, 6) is -0.743. The number of rotatable bonds is 9. The first kappa shape index (κ1) is 24.1. The summed E-state index contributed by atoms with van der Waals surface area (Å²) in [6, 6.07) is 21.0. The second-order valence-corrected chi connectivity index (χ2v) is 7.40. The highest BCUT2D eigenvalue weighted by atomic mass is 16.5. The summed E-state index contributed by atoms with van der Waals surface area (Å²) in [5, 5.41) is 17.0. The second-order valence-electron chi connectivity index (χ2n) is 7.40. The van der Waals surface area contributed by atoms with E-state index in [2.05, 4.69) is 16.0 Å². The number of carboxylic acids is 1. The lowest BCUT2D eigenvalue weighted by Gasteiger charge is -2.10. The van der Waals surface area contributed by atoms with Crippen LogP contribution in [0.15, 0.2) is 84.9 Å². The van der Waals surface area contributed by atoms with E-state index in [0.717, 1.165) is 22.9 Å². The number of carbonyl (C=O) groups is 3. The third kappa shape index (κ3) is 7.83. The van der Waals surface area contributed by atoms with Gasteiger partial charge in [-0.15, -0.1) is 0 Å². The number of hydrogen-bond donors (Lipinski definition) is 4. The smallest absolute Gasteiger partial charge is 0.328 e. The molecule has 3 rings (SSSR count). The minimum absolute atomic E-state index is 0.104. The van der Waals surface area contributed by atoms with Gasteiger partial charge in [-0.3, -0.25) is 4.79 Å². The van der Waals surface area contributed by atoms with Crippen molar-refractivity contribution in [3.63, 3.8) is 0 Å². The van der Waals surface area contributed by atoms with Crippen LogP contribution in [0, 0.1) is 6.92 Å². The Hall–Kier alpha value is -4.59. The Morgan fingerprint density at radius 2 is 1.65 bits per heavy atom. The first-order valence-electron chi connectivity index (χ1n) is 10.5. The highest BCUT2D eigenvalue weighted by Gasteiger charge is 2.07. The first-order chi connectivity index (χ1) is 16.4. The Morgan fingerprint density at radius 1 is 0.882 bits per heavy atom. The van der Waals surface area contributed by atoms with Crippen LogP contribution >= 0.6 is 0 Å². The van der Waals surface area contributed by atoms with Gasteiger partial charge in [0.15, 0.2) is 0 Å². The molecule has 3 aromatic rings. The molecule has 0 saturated carbocycles. The average molecular weight is 460 g/mol. The van der Waals surface area contributed by atoms with Gasteiger partial charge in [-0.05, 0) is 54.5 Å². The minimum atomic E-state index is -1.04. The zero-order valence-corrected chi connectivity index (χ0v) is 18.6. The third-order valence-corrected chi connectivity index (χ3v) is 4.69. The SMILES string of the molecule is Cc1ccccc1NC(=O)Nc1ccc(CC(=O)Nc2cccc(OC/C=C/C(=O)O)c2)cc1. The Kier molecular flexibility index (Phi) is 8.40. The van der Waals surface area contributed by atoms with Crippen LogP contribution in [0.4, 0.5) is 21.9 Å². The van der Waals surface area contributed by atoms with Crippen LogP contribution in [0.3, 0.4) is 0 Å². The van der Waals surface area contributed by atoms with Crippen molar-refractivity contribution in [2.45, 2.75) is 13.3 Å². The van der Waals surface area contributed by atoms with Crippen LogP contribution in [0.25, 0.3) is 0 Å². The third-order valence-electron chi connectivity index (χ3n) is 4.69. The number of hydrogen-bond acceptors (Lipinski definition) is 4. The molecule has 0 radical (unpaired) electrons. The zero-order valence-electron chi connectivity index (χ0n) is 18.6. The van der Waals surface area contributed by atoms with Gasteiger partial charge in [0.25, 0.3) is 0 Å². The fraction of sp³-hybridized carbons (Fsp3) is 0.115. The molecule has 0 spiro atoms. The molecular formula is C26H25N3O5. The maximum Gasteiger partial charge on any atom is 0.328 e. The number of carboxylic acid groups (broad SMARTS) is 1. The number of anilines is 3. The van der Waals surface area contributed by atoms with Crippen molar-refractivity contribution >= 4 is 35.0 Å². The van der Waals surface area contributed by atoms with Gasteiger partial charge in [-0.2, -0.15) is 0 Å². The number of aryl methyl sites for hydroxylation is 1. The molecule has 4 N–H and O–H groups in total. The lowest BCUT2D eigenvalue weighted by molar-refractivity contribution is -0.131. The highest BCUT2D eigenvalue weighted by Crippen LogP contribution is 2.18. The van der Waals surface area contributed by atoms with Gasteiger partial charge < -0.3 is 25.8 Å². The summed E-state index contributed by atoms with van der Waals surface area (Å²) in [5.41, 5.74) is 3.66. The van der Waals surface area contributed by atoms with E-state index in [-0.39, 0.29) is 25.0 Å². The molecule has 0 bridgehead atoms. The number of amides is 3. The van der Waals surface area contributed by atoms with Crippen LogP contribution in [-0.2, 0) is 16.0 Å². The zero-order chi connectivity index (χ0) is 24.3. The topological polar surface area (TPSA) is 117 Å². The Bertz CT molecular complexity index is 1190. The van der Waals surface area contributed by atoms with Crippen molar-refractivity contribution in [1.29, 1.82) is 0 Å². The molecule has 3 aromatic carbocycles. The van der Waals surface area contributed by atoms with Gasteiger partial charge in [-0.1, -0.05) is 36.4 Å². The van der Waals surface area contributed by atoms with Gasteiger partial charge >= 0.3 is 12.0 Å². The molecular weight excluding hydrogens is 434 g/mol. The normalized spacial score (nSPS) is 10.5. The first-order valence-corrected chi connectivity index (χ1v) is 10.5. The van der Waals surface area contributed by atoms with Gasteiger partial charge in [-0.25, -0.2) is 9.59 Å². The number of aliphatic carboxylic acids is 1. The predicted molar refractivity (Wildman–Crippen MR) is 131 cm³/mol. The van der Waals surface area contributed by atoms with Gasteiger partial charge in [0.2, 0.25) is 5.91 Å². The van der Waals surface area contributed by atoms with Crippen molar-refractivity contribution in [1.82, 2.24) is 0 Å². The average Bonchev–Trinajstić information content (AvgIpc) is 2.80. The molecule has 0 aliphatic heterocycles. The van der Waals surface area contributed by atoms with E-state index in [1.165, 1.54) is 6.08 Å². The number of carbonyl (C=O) groups excluding carboxylic acids is 2. The molecule has 174 valence electrons. The standard InChI is InChI=1S/C26H25N3O5/c1-18-6-2-3-9-23(18)29-26(33)28-20-13-11-19(12-14-20)16-24(30)27-21-7-4-8-22(17-21)34-15-5-10-25(31)32/h2-14,17H,15-16H2,1H3,(H,27,30)(H,31,32)(H2,28,29,33)/b10-5+. The number of ether oxygens (including phenoxy) is 1. The maximum atomic E-state index is 12.4. The molecule has 8 heteroatoms. The van der Waals surface area contributed by atoms with Crippen LogP contribution < -0.4 is 20.7 Å². The number of nitrogens with one attached hydrogen (secondary N) is 3. The van der Waals surface area contributed by atoms with Crippen molar-refractivity contribution in [2.75, 3.05) is 22.6 Å². The molecule has 8 nitrogen and oxygen atoms in total. The van der Waals surface area contributed by atoms with E-state index in [4.69, 9.17) is 9.84 Å². The molecule has 0 aromatic heterocycles. The molecule has 0 saturated heterocycles. The lowest BCUT2D eigenvalue weighted by Crippen LogP contribution is -2.20. The maximum absolute atomic E-state index is 12.4. The highest BCUT2D eigenvalue weighted by molar-refractivity contribution is 6.00. The van der Waals surface area contributed by atoms with E-state index in [1.807, 2.05) is 31.2 Å². The Morgan fingerprint density at radius 3 is 2.38 bits per heavy atom. The molecule has 0 unspecified atom stereocenters. The molecule has 0 heterocycles. The Balaban J connectivity index is 1.49. The van der Waals surface area contributed by atoms with Gasteiger partial charge in [0.1, 0.15) is 12.4 Å². The second kappa shape index (κ2) is 11.9. The predicted octanol–water partition coefficient (Wildman–Crippen LogP) is 4.84. The van der Waals surface area contributed by atoms with Crippen LogP contribution in [0.5, 0.6) is 5.75 Å². The van der Waals surface area contributed by atoms with Crippen molar-refractivity contribution in [3.05, 3.63) is 96.1 Å². The van der Waals surface area contributed by atoms with Gasteiger partial charge in [0.05, 0.1) is 6.42 Å². The summed E-state index contributed by atoms with van der Waals surface area (Å²) in [6.07, 6.45) is 2.55. The van der Waals surface area contributed by atoms with E-state index in [1.54, 1.807) is 48.5 Å². The fourth-order valence-corrected chi connectivity index (χ4v) is 3.05. The summed E-state index contributed by atoms with van der Waals surface area (Å²) in [6.45, 7) is 2.02. The van der Waals surface area contributed by atoms with Crippen LogP contribution in [-0.4, -0.2) is 29.6 Å². The van der Waals surface area contributed by atoms with E-state index in [9.17, 15) is 14.4 Å². The number of urea groups is 1.